The van der Waals surface area contributed by atoms with Crippen LogP contribution in [-0.2, 0) is 9.53 Å². The molecule has 2 unspecified atom stereocenters. The number of hydrogen-bond donors (Lipinski definition) is 1. The lowest BCUT2D eigenvalue weighted by Gasteiger charge is -2.31. The zero-order chi connectivity index (χ0) is 22.9. The first-order chi connectivity index (χ1) is 16.1. The molecule has 2 atom stereocenters. The fraction of sp³-hybridized carbons (Fsp3) is 0.111. The van der Waals surface area contributed by atoms with E-state index < -0.39 is 12.0 Å². The van der Waals surface area contributed by atoms with Crippen molar-refractivity contribution in [2.45, 2.75) is 12.0 Å². The first kappa shape index (κ1) is 20.4. The molecule has 0 saturated heterocycles. The summed E-state index contributed by atoms with van der Waals surface area (Å²) < 4.78 is 11.2. The highest BCUT2D eigenvalue weighted by Gasteiger charge is 2.49. The summed E-state index contributed by atoms with van der Waals surface area (Å²) in [4.78, 5) is 15.4. The standard InChI is InChI=1S/C27H21N3O3/c1-32-20-14-12-18(13-15-20)24-23-22(17-8-4-2-5-9-17)21(16-28)26(29)33-25(23)27(31)30(24)19-10-6-3-7-11-19/h2-15,22,24H,29H2,1H3. The number of nitrogens with zero attached hydrogens (tertiary/aromatic N) is 2. The van der Waals surface area contributed by atoms with Crippen molar-refractivity contribution in [3.63, 3.8) is 0 Å². The van der Waals surface area contributed by atoms with E-state index >= 15 is 0 Å². The molecule has 3 aromatic rings. The summed E-state index contributed by atoms with van der Waals surface area (Å²) in [6.07, 6.45) is 0. The van der Waals surface area contributed by atoms with Crippen LogP contribution in [0.25, 0.3) is 0 Å². The van der Waals surface area contributed by atoms with Crippen LogP contribution in [0.15, 0.2) is 108 Å². The van der Waals surface area contributed by atoms with Gasteiger partial charge >= 0.3 is 0 Å². The molecule has 2 aliphatic rings. The summed E-state index contributed by atoms with van der Waals surface area (Å²) in [5, 5.41) is 9.98. The number of methoxy groups -OCH3 is 1. The van der Waals surface area contributed by atoms with Crippen LogP contribution in [0, 0.1) is 11.3 Å². The Morgan fingerprint density at radius 3 is 2.18 bits per heavy atom. The maximum atomic E-state index is 13.7. The summed E-state index contributed by atoms with van der Waals surface area (Å²) in [5.74, 6) is 0.0411. The van der Waals surface area contributed by atoms with Gasteiger partial charge in [-0.05, 0) is 35.4 Å². The molecule has 5 rings (SSSR count). The van der Waals surface area contributed by atoms with Crippen molar-refractivity contribution in [2.75, 3.05) is 12.0 Å². The van der Waals surface area contributed by atoms with Gasteiger partial charge in [-0.15, -0.1) is 0 Å². The van der Waals surface area contributed by atoms with Crippen LogP contribution in [0.3, 0.4) is 0 Å². The highest BCUT2D eigenvalue weighted by Crippen LogP contribution is 2.52. The van der Waals surface area contributed by atoms with Crippen molar-refractivity contribution in [2.24, 2.45) is 5.73 Å². The second-order valence-corrected chi connectivity index (χ2v) is 7.81. The van der Waals surface area contributed by atoms with Crippen LogP contribution >= 0.6 is 0 Å². The minimum absolute atomic E-state index is 0.0400. The summed E-state index contributed by atoms with van der Waals surface area (Å²) in [6.45, 7) is 0. The van der Waals surface area contributed by atoms with E-state index in [2.05, 4.69) is 6.07 Å². The number of nitrogens with two attached hydrogens (primary N) is 1. The molecule has 1 amide bonds. The lowest BCUT2D eigenvalue weighted by atomic mass is 9.79. The first-order valence-corrected chi connectivity index (χ1v) is 10.5. The molecule has 33 heavy (non-hydrogen) atoms. The Bertz CT molecular complexity index is 1310. The molecule has 0 bridgehead atoms. The van der Waals surface area contributed by atoms with Crippen molar-refractivity contribution in [1.82, 2.24) is 0 Å². The molecule has 0 spiro atoms. The average molecular weight is 435 g/mol. The molecule has 0 aliphatic carbocycles. The summed E-state index contributed by atoms with van der Waals surface area (Å²) in [6, 6.07) is 28.3. The van der Waals surface area contributed by atoms with Crippen LogP contribution in [0.2, 0.25) is 0 Å². The number of amides is 1. The molecule has 6 heteroatoms. The Hall–Kier alpha value is -4.50. The lowest BCUT2D eigenvalue weighted by Crippen LogP contribution is -2.30. The van der Waals surface area contributed by atoms with E-state index in [0.29, 0.717) is 16.9 Å². The van der Waals surface area contributed by atoms with E-state index in [9.17, 15) is 10.1 Å². The third-order valence-electron chi connectivity index (χ3n) is 6.02. The van der Waals surface area contributed by atoms with Gasteiger partial charge in [0.25, 0.3) is 5.91 Å². The number of carbonyl (C=O) groups is 1. The third kappa shape index (κ3) is 3.31. The van der Waals surface area contributed by atoms with Gasteiger partial charge in [0.2, 0.25) is 5.88 Å². The number of allylic oxidation sites excluding steroid dienone is 1. The largest absolute Gasteiger partial charge is 0.497 e. The Morgan fingerprint density at radius 1 is 0.939 bits per heavy atom. The van der Waals surface area contributed by atoms with Crippen molar-refractivity contribution in [3.8, 4) is 11.8 Å². The Labute approximate surface area is 191 Å². The number of nitriles is 1. The minimum atomic E-state index is -0.510. The van der Waals surface area contributed by atoms with Crippen LogP contribution in [-0.4, -0.2) is 13.0 Å². The van der Waals surface area contributed by atoms with Crippen molar-refractivity contribution in [1.29, 1.82) is 5.26 Å². The average Bonchev–Trinajstić information content (AvgIpc) is 3.16. The van der Waals surface area contributed by atoms with Crippen molar-refractivity contribution < 1.29 is 14.3 Å². The van der Waals surface area contributed by atoms with Gasteiger partial charge in [-0.2, -0.15) is 5.26 Å². The van der Waals surface area contributed by atoms with Crippen LogP contribution < -0.4 is 15.4 Å². The molecule has 0 saturated carbocycles. The molecule has 2 N–H and O–H groups in total. The van der Waals surface area contributed by atoms with Crippen LogP contribution in [0.5, 0.6) is 5.75 Å². The van der Waals surface area contributed by atoms with E-state index in [4.69, 9.17) is 15.2 Å². The molecule has 0 radical (unpaired) electrons. The fourth-order valence-corrected chi connectivity index (χ4v) is 4.55. The number of anilines is 1. The lowest BCUT2D eigenvalue weighted by molar-refractivity contribution is -0.117. The number of carbonyl (C=O) groups excluding carboxylic acids is 1. The van der Waals surface area contributed by atoms with E-state index in [1.807, 2.05) is 84.9 Å². The zero-order valence-corrected chi connectivity index (χ0v) is 17.9. The normalized spacial score (nSPS) is 19.8. The predicted octanol–water partition coefficient (Wildman–Crippen LogP) is 4.55. The second kappa shape index (κ2) is 8.21. The smallest absolute Gasteiger partial charge is 0.294 e. The van der Waals surface area contributed by atoms with Crippen molar-refractivity contribution >= 4 is 11.6 Å². The summed E-state index contributed by atoms with van der Waals surface area (Å²) >= 11 is 0. The molecule has 2 aliphatic heterocycles. The maximum Gasteiger partial charge on any atom is 0.294 e. The highest BCUT2D eigenvalue weighted by molar-refractivity contribution is 6.09. The van der Waals surface area contributed by atoms with Gasteiger partial charge in [0.1, 0.15) is 17.4 Å². The number of rotatable bonds is 4. The minimum Gasteiger partial charge on any atom is -0.497 e. The monoisotopic (exact) mass is 435 g/mol. The number of para-hydroxylation sites is 1. The number of benzene rings is 3. The second-order valence-electron chi connectivity index (χ2n) is 7.81. The number of ether oxygens (including phenoxy) is 2. The van der Waals surface area contributed by atoms with Gasteiger partial charge < -0.3 is 15.2 Å². The third-order valence-corrected chi connectivity index (χ3v) is 6.02. The quantitative estimate of drug-likeness (QED) is 0.650. The van der Waals surface area contributed by atoms with Crippen LogP contribution in [0.1, 0.15) is 23.1 Å². The molecule has 2 heterocycles. The molecule has 0 aromatic heterocycles. The summed E-state index contributed by atoms with van der Waals surface area (Å²) in [7, 11) is 1.61. The maximum absolute atomic E-state index is 13.7. The molecule has 3 aromatic carbocycles. The van der Waals surface area contributed by atoms with Crippen molar-refractivity contribution in [3.05, 3.63) is 119 Å². The van der Waals surface area contributed by atoms with E-state index in [1.165, 1.54) is 0 Å². The molecule has 6 nitrogen and oxygen atoms in total. The topological polar surface area (TPSA) is 88.6 Å². The molecular weight excluding hydrogens is 414 g/mol. The van der Waals surface area contributed by atoms with Gasteiger partial charge in [-0.3, -0.25) is 9.69 Å². The van der Waals surface area contributed by atoms with Gasteiger partial charge in [-0.25, -0.2) is 0 Å². The molecular formula is C27H21N3O3. The Morgan fingerprint density at radius 2 is 1.58 bits per heavy atom. The van der Waals surface area contributed by atoms with E-state index in [0.717, 1.165) is 16.8 Å². The predicted molar refractivity (Wildman–Crippen MR) is 124 cm³/mol. The van der Waals surface area contributed by atoms with Gasteiger partial charge in [0.15, 0.2) is 5.76 Å². The Kier molecular flexibility index (Phi) is 5.08. The molecule has 0 fully saturated rings. The molecule has 162 valence electrons. The van der Waals surface area contributed by atoms with E-state index in [1.54, 1.807) is 12.0 Å². The van der Waals surface area contributed by atoms with Gasteiger partial charge in [-0.1, -0.05) is 60.7 Å². The SMILES string of the molecule is COc1ccc(C2C3=C(OC(N)=C(C#N)C3c3ccccc3)C(=O)N2c2ccccc2)cc1. The van der Waals surface area contributed by atoms with Crippen LogP contribution in [0.4, 0.5) is 5.69 Å². The fourth-order valence-electron chi connectivity index (χ4n) is 4.55. The first-order valence-electron chi connectivity index (χ1n) is 10.5. The number of hydrogen-bond acceptors (Lipinski definition) is 5. The summed E-state index contributed by atoms with van der Waals surface area (Å²) in [5.41, 5.74) is 9.62. The highest BCUT2D eigenvalue weighted by atomic mass is 16.5. The Balaban J connectivity index is 1.74. The zero-order valence-electron chi connectivity index (χ0n) is 17.9. The van der Waals surface area contributed by atoms with E-state index in [-0.39, 0.29) is 17.5 Å². The van der Waals surface area contributed by atoms with Gasteiger partial charge in [0.05, 0.1) is 19.1 Å². The van der Waals surface area contributed by atoms with Gasteiger partial charge in [0, 0.05) is 11.3 Å².